The highest BCUT2D eigenvalue weighted by Crippen LogP contribution is 2.38. The summed E-state index contributed by atoms with van der Waals surface area (Å²) in [6.07, 6.45) is 43.7. The number of carbonyl (C=O) groups is 2. The molecule has 2 atom stereocenters. The van der Waals surface area contributed by atoms with Gasteiger partial charge in [-0.3, -0.25) is 14.2 Å². The van der Waals surface area contributed by atoms with Gasteiger partial charge in [-0.2, -0.15) is 0 Å². The number of likely N-dealkylation sites (N-methyl/N-ethyl adjacent to an activating group) is 1. The summed E-state index contributed by atoms with van der Waals surface area (Å²) in [6.45, 7) is 4.18. The topological polar surface area (TPSA) is 111 Å². The summed E-state index contributed by atoms with van der Waals surface area (Å²) in [6, 6.07) is 0. The van der Waals surface area contributed by atoms with Crippen LogP contribution in [-0.2, 0) is 32.7 Å². The number of hydrogen-bond donors (Lipinski definition) is 0. The van der Waals surface area contributed by atoms with Gasteiger partial charge in [-0.05, 0) is 32.1 Å². The lowest BCUT2D eigenvalue weighted by Crippen LogP contribution is -2.37. The fourth-order valence-electron chi connectivity index (χ4n) is 6.53. The highest BCUT2D eigenvalue weighted by molar-refractivity contribution is 7.45. The van der Waals surface area contributed by atoms with E-state index in [0.717, 1.165) is 32.1 Å². The Bertz CT molecular complexity index is 1030. The summed E-state index contributed by atoms with van der Waals surface area (Å²) in [5, 5.41) is 0. The van der Waals surface area contributed by atoms with E-state index in [1.54, 1.807) is 0 Å². The van der Waals surface area contributed by atoms with Gasteiger partial charge in [-0.15, -0.1) is 0 Å². The summed E-state index contributed by atoms with van der Waals surface area (Å²) in [5.74, 6) is -0.904. The van der Waals surface area contributed by atoms with Crippen LogP contribution < -0.4 is 4.89 Å². The molecule has 336 valence electrons. The van der Waals surface area contributed by atoms with Crippen LogP contribution in [0.3, 0.4) is 0 Å². The van der Waals surface area contributed by atoms with E-state index >= 15 is 0 Å². The molecule has 0 rings (SSSR count). The monoisotopic (exact) mass is 828 g/mol. The Morgan fingerprint density at radius 3 is 1.46 bits per heavy atom. The third-order valence-corrected chi connectivity index (χ3v) is 11.2. The van der Waals surface area contributed by atoms with E-state index in [-0.39, 0.29) is 26.1 Å². The van der Waals surface area contributed by atoms with Crippen molar-refractivity contribution in [2.75, 3.05) is 47.5 Å². The van der Waals surface area contributed by atoms with Gasteiger partial charge in [0.25, 0.3) is 7.82 Å². The number of phosphoric acid groups is 1. The Kier molecular flexibility index (Phi) is 38.9. The summed E-state index contributed by atoms with van der Waals surface area (Å²) in [4.78, 5) is 37.5. The normalized spacial score (nSPS) is 13.7. The Labute approximate surface area is 351 Å². The van der Waals surface area contributed by atoms with Gasteiger partial charge in [0, 0.05) is 12.8 Å². The molecule has 0 heterocycles. The maximum Gasteiger partial charge on any atom is 0.306 e. The Hall–Kier alpha value is -1.51. The lowest BCUT2D eigenvalue weighted by atomic mass is 10.0. The van der Waals surface area contributed by atoms with Crippen LogP contribution in [0.5, 0.6) is 0 Å². The van der Waals surface area contributed by atoms with Crippen LogP contribution in [0.25, 0.3) is 0 Å². The molecule has 0 saturated carbocycles. The van der Waals surface area contributed by atoms with E-state index in [1.165, 1.54) is 148 Å². The van der Waals surface area contributed by atoms with E-state index in [1.807, 2.05) is 33.3 Å². The minimum atomic E-state index is -4.63. The number of rotatable bonds is 43. The van der Waals surface area contributed by atoms with Crippen molar-refractivity contribution in [3.05, 3.63) is 24.3 Å². The quantitative estimate of drug-likeness (QED) is 0.0196. The molecule has 10 heteroatoms. The van der Waals surface area contributed by atoms with Gasteiger partial charge < -0.3 is 27.9 Å². The number of nitrogens with zero attached hydrogens (tertiary/aromatic N) is 1. The number of hydrogen-bond acceptors (Lipinski definition) is 8. The molecule has 0 aromatic rings. The van der Waals surface area contributed by atoms with Gasteiger partial charge >= 0.3 is 11.9 Å². The summed E-state index contributed by atoms with van der Waals surface area (Å²) >= 11 is 0. The number of carbonyl (C=O) groups excluding carboxylic acids is 2. The third-order valence-electron chi connectivity index (χ3n) is 10.2. The fourth-order valence-corrected chi connectivity index (χ4v) is 7.26. The van der Waals surface area contributed by atoms with Crippen molar-refractivity contribution in [1.29, 1.82) is 0 Å². The molecule has 0 aliphatic rings. The maximum absolute atomic E-state index is 12.6. The van der Waals surface area contributed by atoms with Gasteiger partial charge in [-0.25, -0.2) is 0 Å². The zero-order valence-electron chi connectivity index (χ0n) is 37.8. The molecule has 0 saturated heterocycles. The number of ether oxygens (including phenoxy) is 2. The van der Waals surface area contributed by atoms with Gasteiger partial charge in [0.05, 0.1) is 27.7 Å². The van der Waals surface area contributed by atoms with Gasteiger partial charge in [0.2, 0.25) is 0 Å². The SMILES string of the molecule is CCCCCCCC/C=C/C/C=C/CCC(=O)OC(COC(=O)CCCCCCCCCCCCCCCCCCCCCC)COP(=O)([O-])OCC[N+](C)(C)C. The van der Waals surface area contributed by atoms with Crippen LogP contribution >= 0.6 is 7.82 Å². The molecule has 0 aliphatic heterocycles. The average molecular weight is 828 g/mol. The predicted molar refractivity (Wildman–Crippen MR) is 236 cm³/mol. The molecule has 9 nitrogen and oxygen atoms in total. The second kappa shape index (κ2) is 39.9. The molecular weight excluding hydrogens is 737 g/mol. The van der Waals surface area contributed by atoms with Crippen molar-refractivity contribution >= 4 is 19.8 Å². The van der Waals surface area contributed by atoms with Crippen LogP contribution in [0.4, 0.5) is 0 Å². The van der Waals surface area contributed by atoms with Gasteiger partial charge in [0.15, 0.2) is 6.10 Å². The number of unbranched alkanes of at least 4 members (excludes halogenated alkanes) is 25. The standard InChI is InChI=1S/C47H90NO8P/c1-6-8-10-12-14-16-18-20-21-22-23-24-25-26-28-29-31-33-35-37-39-46(49)53-43-45(44-55-57(51,52)54-42-41-48(3,4)5)56-47(50)40-38-36-34-32-30-27-19-17-15-13-11-9-7-2/h27,30,34,36,45H,6-26,28-29,31-33,35,37-44H2,1-5H3/b30-27+,36-34+. The number of esters is 2. The first-order valence-electron chi connectivity index (χ1n) is 23.5. The molecule has 0 amide bonds. The number of phosphoric ester groups is 1. The van der Waals surface area contributed by atoms with Crippen molar-refractivity contribution in [3.8, 4) is 0 Å². The van der Waals surface area contributed by atoms with E-state index in [2.05, 4.69) is 26.0 Å². The van der Waals surface area contributed by atoms with Crippen LogP contribution in [-0.4, -0.2) is 70.0 Å². The second-order valence-electron chi connectivity index (χ2n) is 17.1. The minimum Gasteiger partial charge on any atom is -0.756 e. The number of allylic oxidation sites excluding steroid dienone is 4. The molecule has 0 spiro atoms. The first kappa shape index (κ1) is 55.5. The van der Waals surface area contributed by atoms with Crippen LogP contribution in [0, 0.1) is 0 Å². The Morgan fingerprint density at radius 2 is 0.982 bits per heavy atom. The highest BCUT2D eigenvalue weighted by atomic mass is 31.2. The van der Waals surface area contributed by atoms with Gasteiger partial charge in [-0.1, -0.05) is 192 Å². The molecule has 0 radical (unpaired) electrons. The lowest BCUT2D eigenvalue weighted by Gasteiger charge is -2.28. The summed E-state index contributed by atoms with van der Waals surface area (Å²) in [7, 11) is 1.14. The molecular formula is C47H90NO8P. The molecule has 0 aromatic heterocycles. The van der Waals surface area contributed by atoms with Crippen molar-refractivity contribution in [2.24, 2.45) is 0 Å². The first-order chi connectivity index (χ1) is 27.5. The summed E-state index contributed by atoms with van der Waals surface area (Å²) in [5.41, 5.74) is 0. The molecule has 2 unspecified atom stereocenters. The Balaban J connectivity index is 4.28. The van der Waals surface area contributed by atoms with E-state index < -0.39 is 32.5 Å². The fraction of sp³-hybridized carbons (Fsp3) is 0.872. The smallest absolute Gasteiger partial charge is 0.306 e. The molecule has 0 N–H and O–H groups in total. The van der Waals surface area contributed by atoms with Crippen molar-refractivity contribution in [2.45, 2.75) is 219 Å². The van der Waals surface area contributed by atoms with Crippen LogP contribution in [0.2, 0.25) is 0 Å². The highest BCUT2D eigenvalue weighted by Gasteiger charge is 2.21. The largest absolute Gasteiger partial charge is 0.756 e. The average Bonchev–Trinajstić information content (AvgIpc) is 3.16. The summed E-state index contributed by atoms with van der Waals surface area (Å²) < 4.78 is 33.8. The molecule has 0 fully saturated rings. The third kappa shape index (κ3) is 43.9. The van der Waals surface area contributed by atoms with Crippen LogP contribution in [0.15, 0.2) is 24.3 Å². The maximum atomic E-state index is 12.6. The molecule has 0 bridgehead atoms. The predicted octanol–water partition coefficient (Wildman–Crippen LogP) is 12.9. The molecule has 0 aliphatic carbocycles. The molecule has 57 heavy (non-hydrogen) atoms. The lowest BCUT2D eigenvalue weighted by molar-refractivity contribution is -0.870. The minimum absolute atomic E-state index is 0.0379. The zero-order valence-corrected chi connectivity index (χ0v) is 38.7. The molecule has 0 aromatic carbocycles. The van der Waals surface area contributed by atoms with Crippen LogP contribution in [0.1, 0.15) is 213 Å². The van der Waals surface area contributed by atoms with Crippen molar-refractivity contribution in [3.63, 3.8) is 0 Å². The van der Waals surface area contributed by atoms with E-state index in [9.17, 15) is 19.0 Å². The second-order valence-corrected chi connectivity index (χ2v) is 18.5. The van der Waals surface area contributed by atoms with E-state index in [0.29, 0.717) is 17.4 Å². The number of quaternary nitrogens is 1. The van der Waals surface area contributed by atoms with Crippen molar-refractivity contribution in [1.82, 2.24) is 0 Å². The van der Waals surface area contributed by atoms with E-state index in [4.69, 9.17) is 18.5 Å². The zero-order chi connectivity index (χ0) is 42.1. The first-order valence-corrected chi connectivity index (χ1v) is 25.0. The van der Waals surface area contributed by atoms with Gasteiger partial charge in [0.1, 0.15) is 19.8 Å². The van der Waals surface area contributed by atoms with Crippen molar-refractivity contribution < 1.29 is 42.1 Å². The Morgan fingerprint density at radius 1 is 0.544 bits per heavy atom.